The van der Waals surface area contributed by atoms with Crippen LogP contribution < -0.4 is 20.1 Å². The molecule has 2 aromatic rings. The van der Waals surface area contributed by atoms with E-state index in [1.165, 1.54) is 26.4 Å². The first kappa shape index (κ1) is 22.5. The van der Waals surface area contributed by atoms with E-state index in [-0.39, 0.29) is 18.4 Å². The van der Waals surface area contributed by atoms with Crippen molar-refractivity contribution in [1.29, 1.82) is 0 Å². The summed E-state index contributed by atoms with van der Waals surface area (Å²) in [7, 11) is 2.99. The highest BCUT2D eigenvalue weighted by Crippen LogP contribution is 2.29. The largest absolute Gasteiger partial charge is 0.493 e. The average molecular weight is 431 g/mol. The molecule has 1 saturated heterocycles. The number of carbonyl (C=O) groups excluding carboxylic acids is 2. The summed E-state index contributed by atoms with van der Waals surface area (Å²) in [5, 5.41) is 5.23. The maximum atomic E-state index is 13.3. The molecule has 8 nitrogen and oxygen atoms in total. The molecule has 1 unspecified atom stereocenters. The van der Waals surface area contributed by atoms with Gasteiger partial charge in [0, 0.05) is 31.4 Å². The molecular weight excluding hydrogens is 405 g/mol. The number of nitrogens with one attached hydrogen (secondary N) is 2. The van der Waals surface area contributed by atoms with Crippen molar-refractivity contribution in [3.63, 3.8) is 0 Å². The van der Waals surface area contributed by atoms with Gasteiger partial charge in [-0.25, -0.2) is 4.39 Å². The maximum absolute atomic E-state index is 13.3. The number of amides is 2. The van der Waals surface area contributed by atoms with Crippen molar-refractivity contribution in [2.45, 2.75) is 6.04 Å². The minimum absolute atomic E-state index is 0.198. The standard InChI is InChI=1S/C22H26FN3O5/c1-29-19-8-7-17(13-20(19)30-2)25-22(28)21(27)24-14-18(26-9-11-31-12-10-26)15-3-5-16(23)6-4-15/h3-8,13,18H,9-12,14H2,1-2H3,(H,24,27)(H,25,28). The Hall–Kier alpha value is -3.17. The van der Waals surface area contributed by atoms with Crippen molar-refractivity contribution < 1.29 is 28.2 Å². The molecule has 0 radical (unpaired) electrons. The van der Waals surface area contributed by atoms with Crippen LogP contribution in [0.1, 0.15) is 11.6 Å². The predicted octanol–water partition coefficient (Wildman–Crippen LogP) is 1.97. The number of hydrogen-bond acceptors (Lipinski definition) is 6. The number of rotatable bonds is 7. The molecule has 0 saturated carbocycles. The zero-order valence-electron chi connectivity index (χ0n) is 17.5. The molecule has 2 amide bonds. The van der Waals surface area contributed by atoms with E-state index < -0.39 is 11.8 Å². The molecular formula is C22H26FN3O5. The highest BCUT2D eigenvalue weighted by atomic mass is 19.1. The van der Waals surface area contributed by atoms with Crippen LogP contribution in [-0.2, 0) is 14.3 Å². The van der Waals surface area contributed by atoms with Gasteiger partial charge in [-0.2, -0.15) is 0 Å². The quantitative estimate of drug-likeness (QED) is 0.652. The van der Waals surface area contributed by atoms with Gasteiger partial charge in [0.1, 0.15) is 5.82 Å². The van der Waals surface area contributed by atoms with Crippen molar-refractivity contribution in [3.8, 4) is 11.5 Å². The second-order valence-electron chi connectivity index (χ2n) is 6.95. The van der Waals surface area contributed by atoms with Crippen LogP contribution in [0, 0.1) is 5.82 Å². The summed E-state index contributed by atoms with van der Waals surface area (Å²) in [4.78, 5) is 26.9. The van der Waals surface area contributed by atoms with Gasteiger partial charge in [-0.3, -0.25) is 14.5 Å². The third kappa shape index (κ3) is 5.93. The van der Waals surface area contributed by atoms with Gasteiger partial charge in [-0.1, -0.05) is 12.1 Å². The average Bonchev–Trinajstić information content (AvgIpc) is 2.80. The van der Waals surface area contributed by atoms with Crippen molar-refractivity contribution in [3.05, 3.63) is 53.8 Å². The van der Waals surface area contributed by atoms with E-state index >= 15 is 0 Å². The topological polar surface area (TPSA) is 89.1 Å². The van der Waals surface area contributed by atoms with Crippen LogP contribution in [0.2, 0.25) is 0 Å². The lowest BCUT2D eigenvalue weighted by molar-refractivity contribution is -0.136. The Labute approximate surface area is 180 Å². The molecule has 0 spiro atoms. The van der Waals surface area contributed by atoms with E-state index in [4.69, 9.17) is 14.2 Å². The Bertz CT molecular complexity index is 901. The number of methoxy groups -OCH3 is 2. The summed E-state index contributed by atoms with van der Waals surface area (Å²) >= 11 is 0. The van der Waals surface area contributed by atoms with E-state index in [1.807, 2.05) is 0 Å². The molecule has 2 N–H and O–H groups in total. The monoisotopic (exact) mass is 431 g/mol. The molecule has 0 aromatic heterocycles. The highest BCUT2D eigenvalue weighted by molar-refractivity contribution is 6.39. The van der Waals surface area contributed by atoms with Gasteiger partial charge < -0.3 is 24.8 Å². The number of carbonyl (C=O) groups is 2. The van der Waals surface area contributed by atoms with Crippen molar-refractivity contribution in [2.75, 3.05) is 52.4 Å². The molecule has 31 heavy (non-hydrogen) atoms. The summed E-state index contributed by atoms with van der Waals surface area (Å²) in [5.41, 5.74) is 1.25. The van der Waals surface area contributed by atoms with E-state index in [0.717, 1.165) is 5.56 Å². The van der Waals surface area contributed by atoms with Gasteiger partial charge in [-0.15, -0.1) is 0 Å². The van der Waals surface area contributed by atoms with E-state index in [2.05, 4.69) is 15.5 Å². The summed E-state index contributed by atoms with van der Waals surface area (Å²) in [6.45, 7) is 2.70. The molecule has 0 aliphatic carbocycles. The lowest BCUT2D eigenvalue weighted by atomic mass is 10.0. The molecule has 166 valence electrons. The van der Waals surface area contributed by atoms with E-state index in [1.54, 1.807) is 30.3 Å². The summed E-state index contributed by atoms with van der Waals surface area (Å²) in [6, 6.07) is 10.7. The van der Waals surface area contributed by atoms with Crippen molar-refractivity contribution >= 4 is 17.5 Å². The number of nitrogens with zero attached hydrogens (tertiary/aromatic N) is 1. The second kappa shape index (κ2) is 10.7. The smallest absolute Gasteiger partial charge is 0.313 e. The van der Waals surface area contributed by atoms with Gasteiger partial charge in [0.2, 0.25) is 0 Å². The minimum atomic E-state index is -0.799. The van der Waals surface area contributed by atoms with Crippen LogP contribution in [0.15, 0.2) is 42.5 Å². The lowest BCUT2D eigenvalue weighted by Crippen LogP contribution is -2.45. The normalized spacial score (nSPS) is 15.1. The number of morpholine rings is 1. The van der Waals surface area contributed by atoms with Gasteiger partial charge >= 0.3 is 11.8 Å². The number of ether oxygens (including phenoxy) is 3. The minimum Gasteiger partial charge on any atom is -0.493 e. The predicted molar refractivity (Wildman–Crippen MR) is 113 cm³/mol. The summed E-state index contributed by atoms with van der Waals surface area (Å²) in [5.74, 6) is -0.952. The first-order valence-corrected chi connectivity index (χ1v) is 9.90. The summed E-state index contributed by atoms with van der Waals surface area (Å²) < 4.78 is 29.1. The number of hydrogen-bond donors (Lipinski definition) is 2. The van der Waals surface area contributed by atoms with Crippen LogP contribution in [0.3, 0.4) is 0 Å². The van der Waals surface area contributed by atoms with Crippen LogP contribution in [-0.4, -0.2) is 63.8 Å². The number of halogens is 1. The second-order valence-corrected chi connectivity index (χ2v) is 6.95. The van der Waals surface area contributed by atoms with Crippen LogP contribution in [0.4, 0.5) is 10.1 Å². The molecule has 1 aliphatic rings. The molecule has 1 heterocycles. The molecule has 1 fully saturated rings. The fourth-order valence-corrected chi connectivity index (χ4v) is 3.40. The van der Waals surface area contributed by atoms with Crippen LogP contribution >= 0.6 is 0 Å². The number of benzene rings is 2. The maximum Gasteiger partial charge on any atom is 0.313 e. The molecule has 2 aromatic carbocycles. The Morgan fingerprint density at radius 3 is 2.35 bits per heavy atom. The van der Waals surface area contributed by atoms with Crippen LogP contribution in [0.5, 0.6) is 11.5 Å². The third-order valence-electron chi connectivity index (χ3n) is 5.04. The van der Waals surface area contributed by atoms with Gasteiger partial charge in [-0.05, 0) is 29.8 Å². The molecule has 1 aliphatic heterocycles. The fourth-order valence-electron chi connectivity index (χ4n) is 3.40. The Balaban J connectivity index is 1.64. The molecule has 9 heteroatoms. The zero-order chi connectivity index (χ0) is 22.2. The SMILES string of the molecule is COc1ccc(NC(=O)C(=O)NCC(c2ccc(F)cc2)N2CCOCC2)cc1OC. The van der Waals surface area contributed by atoms with E-state index in [0.29, 0.717) is 43.5 Å². The fraction of sp³-hybridized carbons (Fsp3) is 0.364. The molecule has 0 bridgehead atoms. The Morgan fingerprint density at radius 2 is 1.71 bits per heavy atom. The van der Waals surface area contributed by atoms with Gasteiger partial charge in [0.05, 0.1) is 33.5 Å². The molecule has 1 atom stereocenters. The third-order valence-corrected chi connectivity index (χ3v) is 5.04. The van der Waals surface area contributed by atoms with Gasteiger partial charge in [0.15, 0.2) is 11.5 Å². The van der Waals surface area contributed by atoms with Gasteiger partial charge in [0.25, 0.3) is 0 Å². The summed E-state index contributed by atoms with van der Waals surface area (Å²) in [6.07, 6.45) is 0. The Morgan fingerprint density at radius 1 is 1.03 bits per heavy atom. The van der Waals surface area contributed by atoms with Crippen LogP contribution in [0.25, 0.3) is 0 Å². The molecule has 3 rings (SSSR count). The zero-order valence-corrected chi connectivity index (χ0v) is 17.5. The first-order chi connectivity index (χ1) is 15.0. The van der Waals surface area contributed by atoms with E-state index in [9.17, 15) is 14.0 Å². The first-order valence-electron chi connectivity index (χ1n) is 9.90. The lowest BCUT2D eigenvalue weighted by Gasteiger charge is -2.34. The Kier molecular flexibility index (Phi) is 7.80. The van der Waals surface area contributed by atoms with Crippen molar-refractivity contribution in [1.82, 2.24) is 10.2 Å². The highest BCUT2D eigenvalue weighted by Gasteiger charge is 2.24. The van der Waals surface area contributed by atoms with Crippen molar-refractivity contribution in [2.24, 2.45) is 0 Å². The number of anilines is 1.